The van der Waals surface area contributed by atoms with Crippen molar-refractivity contribution in [2.75, 3.05) is 6.54 Å². The Balaban J connectivity index is 2.19. The minimum atomic E-state index is -4.02. The molecule has 9 heteroatoms. The third kappa shape index (κ3) is 3.16. The molecule has 0 amide bonds. The molecule has 0 aliphatic heterocycles. The van der Waals surface area contributed by atoms with E-state index in [0.717, 1.165) is 18.2 Å². The number of hydrogen-bond acceptors (Lipinski definition) is 5. The Labute approximate surface area is 125 Å². The van der Waals surface area contributed by atoms with Crippen molar-refractivity contribution < 1.29 is 26.8 Å². The lowest BCUT2D eigenvalue weighted by atomic mass is 10.1. The molecule has 2 rings (SSSR count). The van der Waals surface area contributed by atoms with E-state index in [1.54, 1.807) is 0 Å². The molecule has 2 aromatic rings. The topological polar surface area (TPSA) is 92.4 Å². The summed E-state index contributed by atoms with van der Waals surface area (Å²) in [7, 11) is -4.02. The van der Waals surface area contributed by atoms with E-state index in [-0.39, 0.29) is 16.3 Å². The maximum absolute atomic E-state index is 13.5. The van der Waals surface area contributed by atoms with Gasteiger partial charge in [-0.2, -0.15) is 0 Å². The molecule has 0 fully saturated rings. The van der Waals surface area contributed by atoms with Gasteiger partial charge in [0.25, 0.3) is 0 Å². The van der Waals surface area contributed by atoms with Gasteiger partial charge in [0.05, 0.1) is 11.7 Å². The SMILES string of the molecule is Cc1noc(C)c1S(=O)(=O)NCC(O)c1c(F)cccc1F. The standard InChI is InChI=1S/C13H14F2N2O4S/c1-7-13(8(2)21-17-7)22(19,20)16-6-11(18)12-9(14)4-3-5-10(12)15/h3-5,11,16,18H,6H2,1-2H3. The zero-order valence-electron chi connectivity index (χ0n) is 11.8. The summed E-state index contributed by atoms with van der Waals surface area (Å²) in [5, 5.41) is 13.4. The number of halogens is 2. The number of rotatable bonds is 5. The van der Waals surface area contributed by atoms with Crippen molar-refractivity contribution in [3.8, 4) is 0 Å². The molecule has 0 aliphatic carbocycles. The van der Waals surface area contributed by atoms with Crippen molar-refractivity contribution in [3.05, 3.63) is 46.9 Å². The Morgan fingerprint density at radius 1 is 1.32 bits per heavy atom. The lowest BCUT2D eigenvalue weighted by Gasteiger charge is -2.14. The van der Waals surface area contributed by atoms with E-state index in [1.165, 1.54) is 13.8 Å². The van der Waals surface area contributed by atoms with Gasteiger partial charge in [-0.25, -0.2) is 21.9 Å². The maximum atomic E-state index is 13.5. The van der Waals surface area contributed by atoms with E-state index in [1.807, 2.05) is 0 Å². The fourth-order valence-corrected chi connectivity index (χ4v) is 3.41. The predicted molar refractivity (Wildman–Crippen MR) is 72.5 cm³/mol. The summed E-state index contributed by atoms with van der Waals surface area (Å²) in [4.78, 5) is -0.159. The average Bonchev–Trinajstić information content (AvgIpc) is 2.76. The van der Waals surface area contributed by atoms with Crippen LogP contribution in [0, 0.1) is 25.5 Å². The largest absolute Gasteiger partial charge is 0.387 e. The first-order valence-corrected chi connectivity index (χ1v) is 7.77. The van der Waals surface area contributed by atoms with Gasteiger partial charge in [-0.05, 0) is 26.0 Å². The molecule has 1 aromatic carbocycles. The minimum absolute atomic E-state index is 0.0802. The fraction of sp³-hybridized carbons (Fsp3) is 0.308. The molecule has 0 saturated heterocycles. The fourth-order valence-electron chi connectivity index (χ4n) is 2.05. The van der Waals surface area contributed by atoms with Crippen molar-refractivity contribution >= 4 is 10.0 Å². The Morgan fingerprint density at radius 3 is 2.41 bits per heavy atom. The summed E-state index contributed by atoms with van der Waals surface area (Å²) in [5.74, 6) is -1.83. The zero-order valence-corrected chi connectivity index (χ0v) is 12.6. The highest BCUT2D eigenvalue weighted by molar-refractivity contribution is 7.89. The third-order valence-electron chi connectivity index (χ3n) is 3.04. The monoisotopic (exact) mass is 332 g/mol. The van der Waals surface area contributed by atoms with Crippen LogP contribution < -0.4 is 4.72 Å². The summed E-state index contributed by atoms with van der Waals surface area (Å²) < 4.78 is 58.1. The Kier molecular flexibility index (Phi) is 4.59. The van der Waals surface area contributed by atoms with Crippen molar-refractivity contribution in [2.45, 2.75) is 24.8 Å². The minimum Gasteiger partial charge on any atom is -0.387 e. The lowest BCUT2D eigenvalue weighted by Crippen LogP contribution is -2.29. The number of aromatic nitrogens is 1. The molecule has 22 heavy (non-hydrogen) atoms. The van der Waals surface area contributed by atoms with Crippen LogP contribution in [0.2, 0.25) is 0 Å². The smallest absolute Gasteiger partial charge is 0.246 e. The van der Waals surface area contributed by atoms with E-state index in [2.05, 4.69) is 9.88 Å². The van der Waals surface area contributed by atoms with Gasteiger partial charge < -0.3 is 9.63 Å². The first-order chi connectivity index (χ1) is 10.2. The van der Waals surface area contributed by atoms with Crippen LogP contribution in [0.1, 0.15) is 23.1 Å². The summed E-state index contributed by atoms with van der Waals surface area (Å²) >= 11 is 0. The zero-order chi connectivity index (χ0) is 16.5. The molecule has 1 heterocycles. The molecule has 120 valence electrons. The Bertz CT molecular complexity index is 750. The van der Waals surface area contributed by atoms with E-state index < -0.39 is 39.9 Å². The van der Waals surface area contributed by atoms with Crippen LogP contribution in [0.3, 0.4) is 0 Å². The Hall–Kier alpha value is -1.84. The first kappa shape index (κ1) is 16.5. The molecule has 0 aliphatic rings. The molecular weight excluding hydrogens is 318 g/mol. The van der Waals surface area contributed by atoms with Crippen LogP contribution in [-0.4, -0.2) is 25.2 Å². The third-order valence-corrected chi connectivity index (χ3v) is 4.70. The van der Waals surface area contributed by atoms with Crippen molar-refractivity contribution in [1.82, 2.24) is 9.88 Å². The molecule has 6 nitrogen and oxygen atoms in total. The second-order valence-electron chi connectivity index (χ2n) is 4.66. The van der Waals surface area contributed by atoms with Crippen LogP contribution in [-0.2, 0) is 10.0 Å². The predicted octanol–water partition coefficient (Wildman–Crippen LogP) is 1.58. The highest BCUT2D eigenvalue weighted by Gasteiger charge is 2.26. The van der Waals surface area contributed by atoms with Gasteiger partial charge in [0, 0.05) is 6.54 Å². The van der Waals surface area contributed by atoms with Crippen molar-refractivity contribution in [3.63, 3.8) is 0 Å². The number of aliphatic hydroxyl groups is 1. The van der Waals surface area contributed by atoms with Crippen LogP contribution in [0.4, 0.5) is 8.78 Å². The van der Waals surface area contributed by atoms with Crippen molar-refractivity contribution in [2.24, 2.45) is 0 Å². The highest BCUT2D eigenvalue weighted by Crippen LogP contribution is 2.22. The van der Waals surface area contributed by atoms with Gasteiger partial charge in [-0.15, -0.1) is 0 Å². The molecule has 1 unspecified atom stereocenters. The van der Waals surface area contributed by atoms with Crippen LogP contribution >= 0.6 is 0 Å². The molecule has 0 saturated carbocycles. The van der Waals surface area contributed by atoms with Gasteiger partial charge in [0.2, 0.25) is 10.0 Å². The summed E-state index contributed by atoms with van der Waals surface area (Å²) in [6, 6.07) is 3.10. The van der Waals surface area contributed by atoms with E-state index in [9.17, 15) is 22.3 Å². The van der Waals surface area contributed by atoms with Gasteiger partial charge in [0.15, 0.2) is 5.76 Å². The van der Waals surface area contributed by atoms with Crippen LogP contribution in [0.15, 0.2) is 27.6 Å². The molecule has 0 spiro atoms. The first-order valence-electron chi connectivity index (χ1n) is 6.28. The lowest BCUT2D eigenvalue weighted by molar-refractivity contribution is 0.172. The summed E-state index contributed by atoms with van der Waals surface area (Å²) in [6.45, 7) is 2.27. The summed E-state index contributed by atoms with van der Waals surface area (Å²) in [6.07, 6.45) is -1.67. The normalized spacial score (nSPS) is 13.3. The number of hydrogen-bond donors (Lipinski definition) is 2. The second kappa shape index (κ2) is 6.11. The number of aliphatic hydroxyl groups excluding tert-OH is 1. The van der Waals surface area contributed by atoms with E-state index >= 15 is 0 Å². The highest BCUT2D eigenvalue weighted by atomic mass is 32.2. The molecule has 0 radical (unpaired) electrons. The van der Waals surface area contributed by atoms with Gasteiger partial charge >= 0.3 is 0 Å². The van der Waals surface area contributed by atoms with Crippen LogP contribution in [0.25, 0.3) is 0 Å². The number of nitrogens with one attached hydrogen (secondary N) is 1. The van der Waals surface area contributed by atoms with E-state index in [4.69, 9.17) is 4.52 Å². The molecular formula is C13H14F2N2O4S. The van der Waals surface area contributed by atoms with Gasteiger partial charge in [-0.3, -0.25) is 0 Å². The van der Waals surface area contributed by atoms with Crippen LogP contribution in [0.5, 0.6) is 0 Å². The molecule has 1 atom stereocenters. The number of benzene rings is 1. The number of sulfonamides is 1. The molecule has 2 N–H and O–H groups in total. The van der Waals surface area contributed by atoms with Gasteiger partial charge in [-0.1, -0.05) is 11.2 Å². The van der Waals surface area contributed by atoms with E-state index in [0.29, 0.717) is 0 Å². The molecule has 0 bridgehead atoms. The molecule has 1 aromatic heterocycles. The second-order valence-corrected chi connectivity index (χ2v) is 6.36. The number of nitrogens with zero attached hydrogens (tertiary/aromatic N) is 1. The maximum Gasteiger partial charge on any atom is 0.246 e. The van der Waals surface area contributed by atoms with Gasteiger partial charge in [0.1, 0.15) is 22.2 Å². The van der Waals surface area contributed by atoms with Crippen molar-refractivity contribution in [1.29, 1.82) is 0 Å². The number of aryl methyl sites for hydroxylation is 2. The average molecular weight is 332 g/mol. The summed E-state index contributed by atoms with van der Waals surface area (Å²) in [5.41, 5.74) is -0.444. The Morgan fingerprint density at radius 2 is 1.91 bits per heavy atom. The quantitative estimate of drug-likeness (QED) is 0.867.